The van der Waals surface area contributed by atoms with Gasteiger partial charge in [-0.1, -0.05) is 42.5 Å². The van der Waals surface area contributed by atoms with Crippen molar-refractivity contribution in [3.63, 3.8) is 0 Å². The molecule has 0 aliphatic carbocycles. The lowest BCUT2D eigenvalue weighted by molar-refractivity contribution is -0.131. The van der Waals surface area contributed by atoms with Crippen molar-refractivity contribution >= 4 is 16.7 Å². The molecule has 1 heterocycles. The van der Waals surface area contributed by atoms with Gasteiger partial charge in [-0.2, -0.15) is 0 Å². The summed E-state index contributed by atoms with van der Waals surface area (Å²) in [6.45, 7) is 4.64. The minimum Gasteiger partial charge on any atom is -0.340 e. The molecule has 3 nitrogen and oxygen atoms in total. The van der Waals surface area contributed by atoms with Gasteiger partial charge in [-0.3, -0.25) is 4.79 Å². The Morgan fingerprint density at radius 2 is 2.05 bits per heavy atom. The normalized spacial score (nSPS) is 19.2. The zero-order chi connectivity index (χ0) is 13.9. The second-order valence-electron chi connectivity index (χ2n) is 5.51. The maximum absolute atomic E-state index is 12.5. The van der Waals surface area contributed by atoms with Gasteiger partial charge in [0.1, 0.15) is 0 Å². The second kappa shape index (κ2) is 5.63. The fraction of sp³-hybridized carbons (Fsp3) is 0.353. The molecule has 104 valence electrons. The van der Waals surface area contributed by atoms with Crippen LogP contribution in [-0.4, -0.2) is 36.5 Å². The molecule has 20 heavy (non-hydrogen) atoms. The zero-order valence-electron chi connectivity index (χ0n) is 11.8. The minimum atomic E-state index is 0.231. The van der Waals surface area contributed by atoms with Gasteiger partial charge >= 0.3 is 0 Å². The number of nitrogens with one attached hydrogen (secondary N) is 1. The monoisotopic (exact) mass is 268 g/mol. The number of amides is 1. The number of piperazine rings is 1. The summed E-state index contributed by atoms with van der Waals surface area (Å²) in [5.74, 6) is 0.231. The van der Waals surface area contributed by atoms with E-state index in [0.29, 0.717) is 12.5 Å². The van der Waals surface area contributed by atoms with E-state index in [1.165, 1.54) is 10.8 Å². The first-order chi connectivity index (χ1) is 9.74. The third kappa shape index (κ3) is 2.68. The largest absolute Gasteiger partial charge is 0.340 e. The number of nitrogens with zero attached hydrogens (tertiary/aromatic N) is 1. The summed E-state index contributed by atoms with van der Waals surface area (Å²) in [4.78, 5) is 14.4. The van der Waals surface area contributed by atoms with Crippen LogP contribution in [0, 0.1) is 0 Å². The van der Waals surface area contributed by atoms with Crippen LogP contribution in [-0.2, 0) is 11.2 Å². The van der Waals surface area contributed by atoms with Crippen LogP contribution >= 0.6 is 0 Å². The third-order valence-electron chi connectivity index (χ3n) is 3.94. The molecule has 0 saturated carbocycles. The minimum absolute atomic E-state index is 0.231. The summed E-state index contributed by atoms with van der Waals surface area (Å²) >= 11 is 0. The van der Waals surface area contributed by atoms with Gasteiger partial charge in [-0.15, -0.1) is 0 Å². The van der Waals surface area contributed by atoms with Crippen molar-refractivity contribution in [2.75, 3.05) is 19.6 Å². The van der Waals surface area contributed by atoms with E-state index in [9.17, 15) is 4.79 Å². The molecule has 1 atom stereocenters. The predicted octanol–water partition coefficient (Wildman–Crippen LogP) is 2.20. The molecule has 3 heteroatoms. The molecule has 1 aliphatic rings. The molecule has 0 bridgehead atoms. The molecule has 1 N–H and O–H groups in total. The number of hydrogen-bond acceptors (Lipinski definition) is 2. The number of carbonyl (C=O) groups is 1. The summed E-state index contributed by atoms with van der Waals surface area (Å²) < 4.78 is 0. The van der Waals surface area contributed by atoms with Gasteiger partial charge in [-0.05, 0) is 23.3 Å². The van der Waals surface area contributed by atoms with Crippen LogP contribution in [0.3, 0.4) is 0 Å². The predicted molar refractivity (Wildman–Crippen MR) is 81.7 cm³/mol. The SMILES string of the molecule is CC1CN(C(=O)Cc2cccc3ccccc23)CCN1. The molecular weight excluding hydrogens is 248 g/mol. The molecule has 2 aromatic carbocycles. The van der Waals surface area contributed by atoms with Crippen molar-refractivity contribution in [2.24, 2.45) is 0 Å². The first-order valence-corrected chi connectivity index (χ1v) is 7.22. The molecule has 0 radical (unpaired) electrons. The Hall–Kier alpha value is -1.87. The molecule has 0 spiro atoms. The van der Waals surface area contributed by atoms with Crippen LogP contribution in [0.2, 0.25) is 0 Å². The highest BCUT2D eigenvalue weighted by Gasteiger charge is 2.20. The summed E-state index contributed by atoms with van der Waals surface area (Å²) in [5.41, 5.74) is 1.12. The lowest BCUT2D eigenvalue weighted by Crippen LogP contribution is -2.51. The molecule has 1 unspecified atom stereocenters. The van der Waals surface area contributed by atoms with Crippen molar-refractivity contribution in [1.82, 2.24) is 10.2 Å². The number of carbonyl (C=O) groups excluding carboxylic acids is 1. The van der Waals surface area contributed by atoms with E-state index in [4.69, 9.17) is 0 Å². The highest BCUT2D eigenvalue weighted by Crippen LogP contribution is 2.19. The van der Waals surface area contributed by atoms with Crippen molar-refractivity contribution < 1.29 is 4.79 Å². The van der Waals surface area contributed by atoms with E-state index in [-0.39, 0.29) is 5.91 Å². The summed E-state index contributed by atoms with van der Waals surface area (Å²) in [6, 6.07) is 14.8. The summed E-state index contributed by atoms with van der Waals surface area (Å²) in [5, 5.41) is 5.75. The van der Waals surface area contributed by atoms with E-state index >= 15 is 0 Å². The van der Waals surface area contributed by atoms with Crippen molar-refractivity contribution in [3.05, 3.63) is 48.0 Å². The Balaban J connectivity index is 1.80. The van der Waals surface area contributed by atoms with Crippen LogP contribution in [0.1, 0.15) is 12.5 Å². The van der Waals surface area contributed by atoms with Gasteiger partial charge in [-0.25, -0.2) is 0 Å². The molecule has 3 rings (SSSR count). The van der Waals surface area contributed by atoms with Crippen LogP contribution in [0.5, 0.6) is 0 Å². The van der Waals surface area contributed by atoms with E-state index in [1.54, 1.807) is 0 Å². The van der Waals surface area contributed by atoms with E-state index < -0.39 is 0 Å². The molecule has 1 amide bonds. The first-order valence-electron chi connectivity index (χ1n) is 7.22. The van der Waals surface area contributed by atoms with E-state index in [0.717, 1.165) is 25.2 Å². The standard InChI is InChI=1S/C17H20N2O/c1-13-12-19(10-9-18-13)17(20)11-15-7-4-6-14-5-2-3-8-16(14)15/h2-8,13,18H,9-12H2,1H3. The van der Waals surface area contributed by atoms with Crippen LogP contribution in [0.25, 0.3) is 10.8 Å². The number of rotatable bonds is 2. The average Bonchev–Trinajstić information content (AvgIpc) is 2.47. The maximum atomic E-state index is 12.5. The quantitative estimate of drug-likeness (QED) is 0.905. The number of benzene rings is 2. The number of fused-ring (bicyclic) bond motifs is 1. The van der Waals surface area contributed by atoms with Crippen molar-refractivity contribution in [3.8, 4) is 0 Å². The zero-order valence-corrected chi connectivity index (χ0v) is 11.8. The van der Waals surface area contributed by atoms with E-state index in [2.05, 4.69) is 36.5 Å². The van der Waals surface area contributed by atoms with Crippen LogP contribution in [0.15, 0.2) is 42.5 Å². The smallest absolute Gasteiger partial charge is 0.227 e. The topological polar surface area (TPSA) is 32.3 Å². The van der Waals surface area contributed by atoms with Gasteiger partial charge in [0.15, 0.2) is 0 Å². The van der Waals surface area contributed by atoms with Crippen molar-refractivity contribution in [2.45, 2.75) is 19.4 Å². The third-order valence-corrected chi connectivity index (χ3v) is 3.94. The Morgan fingerprint density at radius 3 is 2.90 bits per heavy atom. The second-order valence-corrected chi connectivity index (χ2v) is 5.51. The molecular formula is C17H20N2O. The summed E-state index contributed by atoms with van der Waals surface area (Å²) in [7, 11) is 0. The Kier molecular flexibility index (Phi) is 3.70. The first kappa shape index (κ1) is 13.1. The lowest BCUT2D eigenvalue weighted by atomic mass is 10.0. The Labute approximate surface area is 119 Å². The highest BCUT2D eigenvalue weighted by molar-refractivity contribution is 5.90. The van der Waals surface area contributed by atoms with Crippen molar-refractivity contribution in [1.29, 1.82) is 0 Å². The van der Waals surface area contributed by atoms with Gasteiger partial charge in [0.05, 0.1) is 6.42 Å². The van der Waals surface area contributed by atoms with Gasteiger partial charge in [0.2, 0.25) is 5.91 Å². The molecule has 1 fully saturated rings. The number of hydrogen-bond donors (Lipinski definition) is 1. The highest BCUT2D eigenvalue weighted by atomic mass is 16.2. The Morgan fingerprint density at radius 1 is 1.25 bits per heavy atom. The molecule has 1 saturated heterocycles. The van der Waals surface area contributed by atoms with Crippen LogP contribution in [0.4, 0.5) is 0 Å². The van der Waals surface area contributed by atoms with Gasteiger partial charge < -0.3 is 10.2 Å². The lowest BCUT2D eigenvalue weighted by Gasteiger charge is -2.32. The summed E-state index contributed by atoms with van der Waals surface area (Å²) in [6.07, 6.45) is 0.494. The fourth-order valence-electron chi connectivity index (χ4n) is 2.88. The Bertz CT molecular complexity index is 618. The molecule has 0 aromatic heterocycles. The van der Waals surface area contributed by atoms with Gasteiger partial charge in [0, 0.05) is 25.7 Å². The van der Waals surface area contributed by atoms with E-state index in [1.807, 2.05) is 23.1 Å². The van der Waals surface area contributed by atoms with Crippen LogP contribution < -0.4 is 5.32 Å². The fourth-order valence-corrected chi connectivity index (χ4v) is 2.88. The molecule has 2 aromatic rings. The molecule has 1 aliphatic heterocycles. The van der Waals surface area contributed by atoms with Gasteiger partial charge in [0.25, 0.3) is 0 Å². The maximum Gasteiger partial charge on any atom is 0.227 e. The average molecular weight is 268 g/mol.